The monoisotopic (exact) mass is 251 g/mol. The van der Waals surface area contributed by atoms with Crippen LogP contribution >= 0.6 is 0 Å². The van der Waals surface area contributed by atoms with E-state index in [0.717, 1.165) is 0 Å². The Morgan fingerprint density at radius 2 is 2.28 bits per heavy atom. The fourth-order valence-corrected chi connectivity index (χ4v) is 1.58. The van der Waals surface area contributed by atoms with Crippen LogP contribution in [0.15, 0.2) is 18.2 Å². The molecule has 0 bridgehead atoms. The van der Waals surface area contributed by atoms with E-state index in [0.29, 0.717) is 36.8 Å². The topological polar surface area (TPSA) is 78.8 Å². The Balaban J connectivity index is 2.25. The number of aromatic nitrogens is 4. The van der Waals surface area contributed by atoms with Gasteiger partial charge < -0.3 is 10.5 Å². The van der Waals surface area contributed by atoms with Crippen LogP contribution in [-0.2, 0) is 11.3 Å². The van der Waals surface area contributed by atoms with Crippen molar-refractivity contribution in [3.8, 4) is 11.4 Å². The van der Waals surface area contributed by atoms with Gasteiger partial charge in [-0.2, -0.15) is 0 Å². The quantitative estimate of drug-likeness (QED) is 0.636. The number of tetrazole rings is 1. The maximum atomic E-state index is 13.0. The molecule has 2 aromatic rings. The number of rotatable bonds is 5. The second kappa shape index (κ2) is 5.54. The van der Waals surface area contributed by atoms with Crippen LogP contribution in [0.2, 0.25) is 0 Å². The Morgan fingerprint density at radius 3 is 3.00 bits per heavy atom. The summed E-state index contributed by atoms with van der Waals surface area (Å²) in [5, 5.41) is 11.4. The van der Waals surface area contributed by atoms with Gasteiger partial charge in [0.25, 0.3) is 0 Å². The second-order valence-corrected chi connectivity index (χ2v) is 3.65. The van der Waals surface area contributed by atoms with Crippen molar-refractivity contribution >= 4 is 5.69 Å². The number of ether oxygens (including phenoxy) is 1. The summed E-state index contributed by atoms with van der Waals surface area (Å²) < 4.78 is 19.8. The molecule has 1 aromatic heterocycles. The van der Waals surface area contributed by atoms with Crippen molar-refractivity contribution in [2.24, 2.45) is 0 Å². The Labute approximate surface area is 104 Å². The molecular formula is C11H14FN5O. The van der Waals surface area contributed by atoms with Gasteiger partial charge in [0.1, 0.15) is 5.82 Å². The molecule has 0 aliphatic carbocycles. The minimum absolute atomic E-state index is 0.308. The van der Waals surface area contributed by atoms with E-state index < -0.39 is 0 Å². The summed E-state index contributed by atoms with van der Waals surface area (Å²) in [4.78, 5) is 0. The van der Waals surface area contributed by atoms with E-state index in [1.807, 2.05) is 6.92 Å². The standard InChI is InChI=1S/C11H14FN5O/c1-2-18-6-5-17-11(14-15-16-17)9-4-3-8(12)7-10(9)13/h3-4,7H,2,5-6,13H2,1H3. The summed E-state index contributed by atoms with van der Waals surface area (Å²) in [5.41, 5.74) is 6.67. The molecule has 18 heavy (non-hydrogen) atoms. The minimum atomic E-state index is -0.385. The zero-order valence-electron chi connectivity index (χ0n) is 10.0. The molecule has 1 heterocycles. The Hall–Kier alpha value is -2.02. The van der Waals surface area contributed by atoms with Crippen LogP contribution in [0.25, 0.3) is 11.4 Å². The first-order chi connectivity index (χ1) is 8.72. The first kappa shape index (κ1) is 12.4. The second-order valence-electron chi connectivity index (χ2n) is 3.65. The largest absolute Gasteiger partial charge is 0.398 e. The molecule has 0 saturated carbocycles. The zero-order chi connectivity index (χ0) is 13.0. The van der Waals surface area contributed by atoms with Gasteiger partial charge >= 0.3 is 0 Å². The van der Waals surface area contributed by atoms with Gasteiger partial charge in [-0.25, -0.2) is 9.07 Å². The van der Waals surface area contributed by atoms with Crippen LogP contribution in [0.3, 0.4) is 0 Å². The van der Waals surface area contributed by atoms with Crippen molar-refractivity contribution in [2.75, 3.05) is 18.9 Å². The van der Waals surface area contributed by atoms with E-state index >= 15 is 0 Å². The first-order valence-corrected chi connectivity index (χ1v) is 5.61. The number of hydrogen-bond acceptors (Lipinski definition) is 5. The van der Waals surface area contributed by atoms with Crippen LogP contribution in [0.5, 0.6) is 0 Å². The molecule has 0 spiro atoms. The van der Waals surface area contributed by atoms with E-state index in [-0.39, 0.29) is 5.82 Å². The summed E-state index contributed by atoms with van der Waals surface area (Å²) in [6, 6.07) is 4.14. The van der Waals surface area contributed by atoms with Gasteiger partial charge in [0.05, 0.1) is 13.2 Å². The van der Waals surface area contributed by atoms with E-state index in [9.17, 15) is 4.39 Å². The van der Waals surface area contributed by atoms with Crippen LogP contribution in [0.4, 0.5) is 10.1 Å². The number of nitrogen functional groups attached to an aromatic ring is 1. The molecule has 0 aliphatic heterocycles. The maximum absolute atomic E-state index is 13.0. The lowest BCUT2D eigenvalue weighted by Gasteiger charge is -2.07. The number of nitrogens with two attached hydrogens (primary N) is 1. The summed E-state index contributed by atoms with van der Waals surface area (Å²) in [6.45, 7) is 3.58. The van der Waals surface area contributed by atoms with E-state index in [4.69, 9.17) is 10.5 Å². The predicted octanol–water partition coefficient (Wildman–Crippen LogP) is 1.10. The summed E-state index contributed by atoms with van der Waals surface area (Å²) in [6.07, 6.45) is 0. The van der Waals surface area contributed by atoms with Crippen molar-refractivity contribution < 1.29 is 9.13 Å². The molecule has 6 nitrogen and oxygen atoms in total. The highest BCUT2D eigenvalue weighted by molar-refractivity contribution is 5.71. The van der Waals surface area contributed by atoms with Gasteiger partial charge in [0.15, 0.2) is 5.82 Å². The van der Waals surface area contributed by atoms with Gasteiger partial charge in [-0.05, 0) is 35.5 Å². The SMILES string of the molecule is CCOCCn1nnnc1-c1ccc(F)cc1N. The number of halogens is 1. The normalized spacial score (nSPS) is 10.8. The highest BCUT2D eigenvalue weighted by atomic mass is 19.1. The first-order valence-electron chi connectivity index (χ1n) is 5.61. The number of nitrogens with zero attached hydrogens (tertiary/aromatic N) is 4. The van der Waals surface area contributed by atoms with Crippen LogP contribution in [-0.4, -0.2) is 33.4 Å². The molecule has 2 rings (SSSR count). The highest BCUT2D eigenvalue weighted by Crippen LogP contribution is 2.23. The average Bonchev–Trinajstić information content (AvgIpc) is 2.78. The molecule has 0 aliphatic rings. The van der Waals surface area contributed by atoms with Crippen molar-refractivity contribution in [1.29, 1.82) is 0 Å². The number of hydrogen-bond donors (Lipinski definition) is 1. The summed E-state index contributed by atoms with van der Waals surface area (Å²) >= 11 is 0. The molecule has 0 radical (unpaired) electrons. The third-order valence-electron chi connectivity index (χ3n) is 2.44. The zero-order valence-corrected chi connectivity index (χ0v) is 10.0. The predicted molar refractivity (Wildman–Crippen MR) is 64.1 cm³/mol. The van der Waals surface area contributed by atoms with Gasteiger partial charge in [-0.3, -0.25) is 0 Å². The number of anilines is 1. The van der Waals surface area contributed by atoms with Crippen LogP contribution in [0, 0.1) is 5.82 Å². The van der Waals surface area contributed by atoms with E-state index in [2.05, 4.69) is 15.5 Å². The summed E-state index contributed by atoms with van der Waals surface area (Å²) in [5.74, 6) is 0.122. The highest BCUT2D eigenvalue weighted by Gasteiger charge is 2.12. The van der Waals surface area contributed by atoms with Crippen molar-refractivity contribution in [1.82, 2.24) is 20.2 Å². The average molecular weight is 251 g/mol. The molecule has 0 unspecified atom stereocenters. The molecule has 0 fully saturated rings. The van der Waals surface area contributed by atoms with Gasteiger partial charge in [-0.1, -0.05) is 0 Å². The fraction of sp³-hybridized carbons (Fsp3) is 0.364. The van der Waals surface area contributed by atoms with Crippen molar-refractivity contribution in [3.63, 3.8) is 0 Å². The smallest absolute Gasteiger partial charge is 0.184 e. The minimum Gasteiger partial charge on any atom is -0.398 e. The molecular weight excluding hydrogens is 237 g/mol. The van der Waals surface area contributed by atoms with Gasteiger partial charge in [-0.15, -0.1) is 5.10 Å². The van der Waals surface area contributed by atoms with Gasteiger partial charge in [0.2, 0.25) is 0 Å². The van der Waals surface area contributed by atoms with Gasteiger partial charge in [0, 0.05) is 17.9 Å². The van der Waals surface area contributed by atoms with Crippen molar-refractivity contribution in [3.05, 3.63) is 24.0 Å². The van der Waals surface area contributed by atoms with Crippen LogP contribution < -0.4 is 5.73 Å². The fourth-order valence-electron chi connectivity index (χ4n) is 1.58. The van der Waals surface area contributed by atoms with Crippen LogP contribution in [0.1, 0.15) is 6.92 Å². The Morgan fingerprint density at radius 1 is 1.44 bits per heavy atom. The molecule has 96 valence electrons. The molecule has 0 saturated heterocycles. The third kappa shape index (κ3) is 2.62. The molecule has 0 atom stereocenters. The van der Waals surface area contributed by atoms with Crippen molar-refractivity contribution in [2.45, 2.75) is 13.5 Å². The van der Waals surface area contributed by atoms with E-state index in [1.54, 1.807) is 10.7 Å². The third-order valence-corrected chi connectivity index (χ3v) is 2.44. The lowest BCUT2D eigenvalue weighted by molar-refractivity contribution is 0.136. The summed E-state index contributed by atoms with van der Waals surface area (Å²) in [7, 11) is 0. The maximum Gasteiger partial charge on any atom is 0.184 e. The lowest BCUT2D eigenvalue weighted by atomic mass is 10.1. The Kier molecular flexibility index (Phi) is 3.83. The molecule has 1 aromatic carbocycles. The lowest BCUT2D eigenvalue weighted by Crippen LogP contribution is -2.09. The Bertz CT molecular complexity index is 528. The molecule has 2 N–H and O–H groups in total. The molecule has 7 heteroatoms. The molecule has 0 amide bonds. The van der Waals surface area contributed by atoms with E-state index in [1.165, 1.54) is 12.1 Å². The number of benzene rings is 1.